The Balaban J connectivity index is 2.20. The van der Waals surface area contributed by atoms with Crippen molar-refractivity contribution in [1.29, 1.82) is 0 Å². The standard InChI is InChI=1S/C21H25ClN4O8/c1-5-33-19(28)16-11(4)23-21(30)24-15(16)9-34-20(29)17(10(2)3)25-18(27)13-8-12(26(31)32)6-7-14(13)22/h6-8,10-11,17H,5,9H2,1-4H3,(H,25,27)(H2,23,24,30). The first-order valence-corrected chi connectivity index (χ1v) is 10.7. The van der Waals surface area contributed by atoms with Crippen LogP contribution in [0.2, 0.25) is 5.02 Å². The van der Waals surface area contributed by atoms with E-state index >= 15 is 0 Å². The number of ether oxygens (including phenoxy) is 2. The molecule has 2 atom stereocenters. The summed E-state index contributed by atoms with van der Waals surface area (Å²) >= 11 is 6.00. The topological polar surface area (TPSA) is 166 Å². The molecule has 1 aliphatic rings. The van der Waals surface area contributed by atoms with Gasteiger partial charge in [0.15, 0.2) is 0 Å². The summed E-state index contributed by atoms with van der Waals surface area (Å²) in [6, 6.07) is 0.948. The van der Waals surface area contributed by atoms with E-state index in [2.05, 4.69) is 16.0 Å². The Morgan fingerprint density at radius 1 is 1.26 bits per heavy atom. The molecule has 184 valence electrons. The van der Waals surface area contributed by atoms with E-state index in [1.54, 1.807) is 27.7 Å². The van der Waals surface area contributed by atoms with Crippen LogP contribution in [-0.2, 0) is 19.1 Å². The van der Waals surface area contributed by atoms with Crippen molar-refractivity contribution in [2.75, 3.05) is 13.2 Å². The van der Waals surface area contributed by atoms with E-state index in [1.165, 1.54) is 6.07 Å². The van der Waals surface area contributed by atoms with E-state index in [4.69, 9.17) is 21.1 Å². The summed E-state index contributed by atoms with van der Waals surface area (Å²) in [6.07, 6.45) is 0. The van der Waals surface area contributed by atoms with E-state index < -0.39 is 53.4 Å². The minimum absolute atomic E-state index is 0.0328. The third-order valence-electron chi connectivity index (χ3n) is 4.84. The fourth-order valence-corrected chi connectivity index (χ4v) is 3.35. The number of esters is 2. The first kappa shape index (κ1) is 26.6. The van der Waals surface area contributed by atoms with Gasteiger partial charge < -0.3 is 25.4 Å². The van der Waals surface area contributed by atoms with E-state index in [-0.39, 0.29) is 34.2 Å². The molecule has 0 bridgehead atoms. The van der Waals surface area contributed by atoms with Crippen LogP contribution < -0.4 is 16.0 Å². The van der Waals surface area contributed by atoms with Gasteiger partial charge in [0.25, 0.3) is 11.6 Å². The highest BCUT2D eigenvalue weighted by molar-refractivity contribution is 6.34. The number of rotatable bonds is 9. The number of urea groups is 1. The fraction of sp³-hybridized carbons (Fsp3) is 0.429. The molecule has 2 unspecified atom stereocenters. The summed E-state index contributed by atoms with van der Waals surface area (Å²) in [5.41, 5.74) is -0.366. The van der Waals surface area contributed by atoms with Gasteiger partial charge in [0.05, 0.1) is 39.4 Å². The van der Waals surface area contributed by atoms with Gasteiger partial charge in [0.2, 0.25) is 0 Å². The zero-order valence-electron chi connectivity index (χ0n) is 19.0. The molecular weight excluding hydrogens is 472 g/mol. The van der Waals surface area contributed by atoms with Crippen LogP contribution in [-0.4, -0.2) is 54.1 Å². The SMILES string of the molecule is CCOC(=O)C1=C(COC(=O)C(NC(=O)c2cc([N+](=O)[O-])ccc2Cl)C(C)C)NC(=O)NC1C. The Bertz CT molecular complexity index is 1040. The number of hydrogen-bond acceptors (Lipinski definition) is 8. The molecule has 0 aromatic heterocycles. The highest BCUT2D eigenvalue weighted by Gasteiger charge is 2.32. The number of carbonyl (C=O) groups excluding carboxylic acids is 4. The third-order valence-corrected chi connectivity index (χ3v) is 5.17. The molecule has 2 rings (SSSR count). The molecule has 1 aromatic carbocycles. The molecule has 0 aliphatic carbocycles. The van der Waals surface area contributed by atoms with Crippen molar-refractivity contribution in [3.8, 4) is 0 Å². The van der Waals surface area contributed by atoms with Gasteiger partial charge in [0.1, 0.15) is 12.6 Å². The summed E-state index contributed by atoms with van der Waals surface area (Å²) < 4.78 is 10.3. The third kappa shape index (κ3) is 6.44. The molecule has 3 amide bonds. The van der Waals surface area contributed by atoms with Crippen LogP contribution in [0.25, 0.3) is 0 Å². The van der Waals surface area contributed by atoms with Crippen molar-refractivity contribution in [3.05, 3.63) is 50.2 Å². The van der Waals surface area contributed by atoms with E-state index in [0.717, 1.165) is 12.1 Å². The van der Waals surface area contributed by atoms with Gasteiger partial charge >= 0.3 is 18.0 Å². The van der Waals surface area contributed by atoms with Crippen LogP contribution in [0, 0.1) is 16.0 Å². The summed E-state index contributed by atoms with van der Waals surface area (Å²) in [5.74, 6) is -2.77. The van der Waals surface area contributed by atoms with Crippen LogP contribution in [0.1, 0.15) is 38.1 Å². The zero-order chi connectivity index (χ0) is 25.6. The van der Waals surface area contributed by atoms with Crippen molar-refractivity contribution in [2.24, 2.45) is 5.92 Å². The van der Waals surface area contributed by atoms with Crippen molar-refractivity contribution < 1.29 is 33.6 Å². The molecule has 1 heterocycles. The molecule has 0 fully saturated rings. The molecule has 3 N–H and O–H groups in total. The van der Waals surface area contributed by atoms with E-state index in [9.17, 15) is 29.3 Å². The maximum Gasteiger partial charge on any atom is 0.338 e. The average Bonchev–Trinajstić information content (AvgIpc) is 2.75. The van der Waals surface area contributed by atoms with Gasteiger partial charge in [-0.15, -0.1) is 0 Å². The first-order valence-electron chi connectivity index (χ1n) is 10.3. The molecule has 1 aromatic rings. The lowest BCUT2D eigenvalue weighted by atomic mass is 10.0. The summed E-state index contributed by atoms with van der Waals surface area (Å²) in [7, 11) is 0. The normalized spacial score (nSPS) is 16.3. The first-order chi connectivity index (χ1) is 16.0. The minimum Gasteiger partial charge on any atom is -0.463 e. The van der Waals surface area contributed by atoms with Gasteiger partial charge in [-0.05, 0) is 25.8 Å². The Kier molecular flexibility index (Phi) is 8.96. The Labute approximate surface area is 200 Å². The predicted octanol–water partition coefficient (Wildman–Crippen LogP) is 2.06. The van der Waals surface area contributed by atoms with Crippen molar-refractivity contribution >= 4 is 41.2 Å². The fourth-order valence-electron chi connectivity index (χ4n) is 3.14. The number of nitrogens with one attached hydrogen (secondary N) is 3. The van der Waals surface area contributed by atoms with Gasteiger partial charge in [0, 0.05) is 12.1 Å². The predicted molar refractivity (Wildman–Crippen MR) is 120 cm³/mol. The minimum atomic E-state index is -1.15. The second-order valence-electron chi connectivity index (χ2n) is 7.66. The summed E-state index contributed by atoms with van der Waals surface area (Å²) in [6.45, 7) is 6.16. The second-order valence-corrected chi connectivity index (χ2v) is 8.06. The molecule has 12 nitrogen and oxygen atoms in total. The lowest BCUT2D eigenvalue weighted by Crippen LogP contribution is -2.50. The van der Waals surface area contributed by atoms with E-state index in [1.807, 2.05) is 0 Å². The van der Waals surface area contributed by atoms with Crippen LogP contribution in [0.15, 0.2) is 29.5 Å². The Morgan fingerprint density at radius 2 is 1.94 bits per heavy atom. The van der Waals surface area contributed by atoms with Crippen LogP contribution in [0.5, 0.6) is 0 Å². The Hall–Kier alpha value is -3.67. The average molecular weight is 497 g/mol. The number of benzene rings is 1. The van der Waals surface area contributed by atoms with Gasteiger partial charge in [-0.1, -0.05) is 25.4 Å². The van der Waals surface area contributed by atoms with Crippen LogP contribution in [0.4, 0.5) is 10.5 Å². The maximum atomic E-state index is 12.8. The zero-order valence-corrected chi connectivity index (χ0v) is 19.7. The maximum absolute atomic E-state index is 12.8. The van der Waals surface area contributed by atoms with Crippen molar-refractivity contribution in [3.63, 3.8) is 0 Å². The molecule has 0 saturated heterocycles. The quantitative estimate of drug-likeness (QED) is 0.265. The number of halogens is 1. The molecule has 13 heteroatoms. The Morgan fingerprint density at radius 3 is 2.53 bits per heavy atom. The molecule has 1 aliphatic heterocycles. The highest BCUT2D eigenvalue weighted by atomic mass is 35.5. The summed E-state index contributed by atoms with van der Waals surface area (Å²) in [4.78, 5) is 59.9. The van der Waals surface area contributed by atoms with Crippen molar-refractivity contribution in [1.82, 2.24) is 16.0 Å². The van der Waals surface area contributed by atoms with Crippen LogP contribution in [0.3, 0.4) is 0 Å². The highest BCUT2D eigenvalue weighted by Crippen LogP contribution is 2.22. The number of hydrogen-bond donors (Lipinski definition) is 3. The number of carbonyl (C=O) groups is 4. The number of non-ortho nitro benzene ring substituents is 1. The molecule has 34 heavy (non-hydrogen) atoms. The molecular formula is C21H25ClN4O8. The van der Waals surface area contributed by atoms with Crippen molar-refractivity contribution in [2.45, 2.75) is 39.8 Å². The number of nitrogens with zero attached hydrogens (tertiary/aromatic N) is 1. The number of amides is 3. The molecule has 0 saturated carbocycles. The molecule has 0 spiro atoms. The molecule has 0 radical (unpaired) electrons. The van der Waals surface area contributed by atoms with Gasteiger partial charge in [-0.3, -0.25) is 14.9 Å². The second kappa shape index (κ2) is 11.5. The lowest BCUT2D eigenvalue weighted by Gasteiger charge is -2.27. The lowest BCUT2D eigenvalue weighted by molar-refractivity contribution is -0.384. The van der Waals surface area contributed by atoms with Crippen LogP contribution >= 0.6 is 11.6 Å². The van der Waals surface area contributed by atoms with E-state index in [0.29, 0.717) is 0 Å². The van der Waals surface area contributed by atoms with Gasteiger partial charge in [-0.2, -0.15) is 0 Å². The smallest absolute Gasteiger partial charge is 0.338 e. The largest absolute Gasteiger partial charge is 0.463 e. The van der Waals surface area contributed by atoms with Gasteiger partial charge in [-0.25, -0.2) is 14.4 Å². The monoisotopic (exact) mass is 496 g/mol. The number of nitro benzene ring substituents is 1. The number of nitro groups is 1. The summed E-state index contributed by atoms with van der Waals surface area (Å²) in [5, 5.41) is 18.4.